The molecule has 0 aliphatic heterocycles. The molecule has 3 aromatic rings. The van der Waals surface area contributed by atoms with Crippen LogP contribution in [-0.4, -0.2) is 20.8 Å². The molecule has 0 aliphatic carbocycles. The minimum atomic E-state index is -0.126. The molecule has 1 amide bonds. The second-order valence-electron chi connectivity index (χ2n) is 7.27. The van der Waals surface area contributed by atoms with Gasteiger partial charge in [0.05, 0.1) is 12.3 Å². The smallest absolute Gasteiger partial charge is 0.251 e. The van der Waals surface area contributed by atoms with Gasteiger partial charge >= 0.3 is 0 Å². The fourth-order valence-corrected chi connectivity index (χ4v) is 3.49. The van der Waals surface area contributed by atoms with E-state index in [0.29, 0.717) is 12.1 Å². The second kappa shape index (κ2) is 8.40. The number of aliphatic hydroxyl groups is 1. The standard InChI is InChI=1S/C23H27N3O2/c1-15(2)26-17(4)22(16(3)25-26)13-24-23(28)19-10-7-9-18(12-19)21-11-6-5-8-20(21)14-27/h5-12,15,27H,13-14H2,1-4H3,(H,24,28). The van der Waals surface area contributed by atoms with E-state index in [1.807, 2.05) is 61.0 Å². The van der Waals surface area contributed by atoms with E-state index >= 15 is 0 Å². The van der Waals surface area contributed by atoms with Gasteiger partial charge in [0.25, 0.3) is 5.91 Å². The predicted octanol–water partition coefficient (Wildman–Crippen LogP) is 4.17. The predicted molar refractivity (Wildman–Crippen MR) is 111 cm³/mol. The molecule has 5 heteroatoms. The van der Waals surface area contributed by atoms with Crippen molar-refractivity contribution in [3.63, 3.8) is 0 Å². The molecule has 1 heterocycles. The van der Waals surface area contributed by atoms with E-state index in [9.17, 15) is 9.90 Å². The lowest BCUT2D eigenvalue weighted by molar-refractivity contribution is 0.0951. The monoisotopic (exact) mass is 377 g/mol. The summed E-state index contributed by atoms with van der Waals surface area (Å²) in [6.45, 7) is 8.61. The Labute approximate surface area is 166 Å². The molecule has 146 valence electrons. The van der Waals surface area contributed by atoms with Crippen LogP contribution in [0, 0.1) is 13.8 Å². The number of aryl methyl sites for hydroxylation is 1. The Morgan fingerprint density at radius 2 is 1.89 bits per heavy atom. The molecule has 0 radical (unpaired) electrons. The highest BCUT2D eigenvalue weighted by molar-refractivity contribution is 5.95. The van der Waals surface area contributed by atoms with Crippen molar-refractivity contribution in [3.8, 4) is 11.1 Å². The normalized spacial score (nSPS) is 11.1. The number of aromatic nitrogens is 2. The number of nitrogens with one attached hydrogen (secondary N) is 1. The zero-order valence-electron chi connectivity index (χ0n) is 16.9. The number of aliphatic hydroxyl groups excluding tert-OH is 1. The van der Waals surface area contributed by atoms with Crippen LogP contribution in [0.4, 0.5) is 0 Å². The van der Waals surface area contributed by atoms with E-state index in [0.717, 1.165) is 33.6 Å². The molecular weight excluding hydrogens is 350 g/mol. The zero-order chi connectivity index (χ0) is 20.3. The first-order valence-electron chi connectivity index (χ1n) is 9.54. The molecule has 1 aromatic heterocycles. The lowest BCUT2D eigenvalue weighted by atomic mass is 9.98. The third-order valence-corrected chi connectivity index (χ3v) is 5.01. The van der Waals surface area contributed by atoms with Crippen molar-refractivity contribution in [1.29, 1.82) is 0 Å². The SMILES string of the molecule is Cc1nn(C(C)C)c(C)c1CNC(=O)c1cccc(-c2ccccc2CO)c1. The number of nitrogens with zero attached hydrogens (tertiary/aromatic N) is 2. The van der Waals surface area contributed by atoms with Gasteiger partial charge in [0.1, 0.15) is 0 Å². The van der Waals surface area contributed by atoms with Gasteiger partial charge in [-0.3, -0.25) is 9.48 Å². The quantitative estimate of drug-likeness (QED) is 0.677. The highest BCUT2D eigenvalue weighted by Gasteiger charge is 2.15. The van der Waals surface area contributed by atoms with Gasteiger partial charge in [0, 0.05) is 29.4 Å². The van der Waals surface area contributed by atoms with Crippen molar-refractivity contribution in [2.45, 2.75) is 46.9 Å². The fourth-order valence-electron chi connectivity index (χ4n) is 3.49. The third kappa shape index (κ3) is 3.99. The summed E-state index contributed by atoms with van der Waals surface area (Å²) >= 11 is 0. The largest absolute Gasteiger partial charge is 0.392 e. The Morgan fingerprint density at radius 1 is 1.14 bits per heavy atom. The van der Waals surface area contributed by atoms with Crippen molar-refractivity contribution < 1.29 is 9.90 Å². The molecule has 0 saturated heterocycles. The Morgan fingerprint density at radius 3 is 2.57 bits per heavy atom. The Balaban J connectivity index is 1.79. The molecule has 0 spiro atoms. The van der Waals surface area contributed by atoms with Crippen LogP contribution in [0.3, 0.4) is 0 Å². The fraction of sp³-hybridized carbons (Fsp3) is 0.304. The number of rotatable bonds is 6. The first-order valence-corrected chi connectivity index (χ1v) is 9.54. The number of amides is 1. The molecule has 28 heavy (non-hydrogen) atoms. The number of carbonyl (C=O) groups is 1. The van der Waals surface area contributed by atoms with E-state index < -0.39 is 0 Å². The van der Waals surface area contributed by atoms with Crippen LogP contribution in [0.25, 0.3) is 11.1 Å². The second-order valence-corrected chi connectivity index (χ2v) is 7.27. The molecule has 0 saturated carbocycles. The maximum Gasteiger partial charge on any atom is 0.251 e. The van der Waals surface area contributed by atoms with Gasteiger partial charge < -0.3 is 10.4 Å². The molecule has 0 unspecified atom stereocenters. The molecule has 0 aliphatic rings. The first kappa shape index (κ1) is 19.8. The topological polar surface area (TPSA) is 67.2 Å². The zero-order valence-corrected chi connectivity index (χ0v) is 16.9. The molecule has 2 N–H and O–H groups in total. The van der Waals surface area contributed by atoms with E-state index in [-0.39, 0.29) is 18.6 Å². The maximum atomic E-state index is 12.7. The summed E-state index contributed by atoms with van der Waals surface area (Å²) in [5.74, 6) is -0.126. The summed E-state index contributed by atoms with van der Waals surface area (Å²) in [5.41, 5.74) is 6.37. The van der Waals surface area contributed by atoms with Crippen molar-refractivity contribution in [1.82, 2.24) is 15.1 Å². The average molecular weight is 377 g/mol. The van der Waals surface area contributed by atoms with Crippen molar-refractivity contribution in [2.24, 2.45) is 0 Å². The van der Waals surface area contributed by atoms with Crippen LogP contribution in [0.2, 0.25) is 0 Å². The number of carbonyl (C=O) groups excluding carboxylic acids is 1. The summed E-state index contributed by atoms with van der Waals surface area (Å²) in [6, 6.07) is 15.4. The summed E-state index contributed by atoms with van der Waals surface area (Å²) in [6.07, 6.45) is 0. The minimum absolute atomic E-state index is 0.0367. The van der Waals surface area contributed by atoms with Gasteiger partial charge in [-0.25, -0.2) is 0 Å². The molecule has 5 nitrogen and oxygen atoms in total. The van der Waals surface area contributed by atoms with Gasteiger partial charge in [-0.05, 0) is 56.5 Å². The van der Waals surface area contributed by atoms with Crippen LogP contribution in [0.1, 0.15) is 52.8 Å². The van der Waals surface area contributed by atoms with Crippen molar-refractivity contribution in [2.75, 3.05) is 0 Å². The molecule has 0 atom stereocenters. The van der Waals surface area contributed by atoms with Crippen LogP contribution < -0.4 is 5.32 Å². The van der Waals surface area contributed by atoms with Gasteiger partial charge in [0.2, 0.25) is 0 Å². The summed E-state index contributed by atoms with van der Waals surface area (Å²) in [5, 5.41) is 17.2. The van der Waals surface area contributed by atoms with Gasteiger partial charge in [-0.1, -0.05) is 36.4 Å². The van der Waals surface area contributed by atoms with Gasteiger partial charge in [-0.2, -0.15) is 5.10 Å². The van der Waals surface area contributed by atoms with Crippen molar-refractivity contribution >= 4 is 5.91 Å². The average Bonchev–Trinajstić information content (AvgIpc) is 3.00. The highest BCUT2D eigenvalue weighted by Crippen LogP contribution is 2.25. The van der Waals surface area contributed by atoms with Crippen LogP contribution in [-0.2, 0) is 13.2 Å². The maximum absolute atomic E-state index is 12.7. The highest BCUT2D eigenvalue weighted by atomic mass is 16.3. The Hall–Kier alpha value is -2.92. The lowest BCUT2D eigenvalue weighted by Crippen LogP contribution is -2.23. The molecular formula is C23H27N3O2. The summed E-state index contributed by atoms with van der Waals surface area (Å²) in [7, 11) is 0. The van der Waals surface area contributed by atoms with Crippen LogP contribution >= 0.6 is 0 Å². The Bertz CT molecular complexity index is 989. The third-order valence-electron chi connectivity index (χ3n) is 5.01. The summed E-state index contributed by atoms with van der Waals surface area (Å²) < 4.78 is 1.99. The molecule has 0 fully saturated rings. The van der Waals surface area contributed by atoms with E-state index in [1.54, 1.807) is 6.07 Å². The van der Waals surface area contributed by atoms with Crippen LogP contribution in [0.5, 0.6) is 0 Å². The van der Waals surface area contributed by atoms with Crippen molar-refractivity contribution in [3.05, 3.63) is 76.6 Å². The number of benzene rings is 2. The molecule has 3 rings (SSSR count). The first-order chi connectivity index (χ1) is 13.4. The van der Waals surface area contributed by atoms with Gasteiger partial charge in [0.15, 0.2) is 0 Å². The van der Waals surface area contributed by atoms with E-state index in [2.05, 4.69) is 24.3 Å². The van der Waals surface area contributed by atoms with Crippen LogP contribution in [0.15, 0.2) is 48.5 Å². The van der Waals surface area contributed by atoms with E-state index in [1.165, 1.54) is 0 Å². The van der Waals surface area contributed by atoms with E-state index in [4.69, 9.17) is 0 Å². The van der Waals surface area contributed by atoms with Gasteiger partial charge in [-0.15, -0.1) is 0 Å². The molecule has 2 aromatic carbocycles. The number of hydrogen-bond donors (Lipinski definition) is 2. The molecule has 0 bridgehead atoms. The Kier molecular flexibility index (Phi) is 5.95. The summed E-state index contributed by atoms with van der Waals surface area (Å²) in [4.78, 5) is 12.7. The minimum Gasteiger partial charge on any atom is -0.392 e. The number of hydrogen-bond acceptors (Lipinski definition) is 3. The lowest BCUT2D eigenvalue weighted by Gasteiger charge is -2.11.